The van der Waals surface area contributed by atoms with Crippen LogP contribution in [0.2, 0.25) is 0 Å². The highest BCUT2D eigenvalue weighted by atomic mass is 16.3. The summed E-state index contributed by atoms with van der Waals surface area (Å²) in [4.78, 5) is 12.4. The number of carbonyl (C=O) groups excluding carboxylic acids is 1. The van der Waals surface area contributed by atoms with Crippen LogP contribution in [0.25, 0.3) is 0 Å². The van der Waals surface area contributed by atoms with Crippen LogP contribution in [-0.2, 0) is 4.79 Å². The molecule has 2 unspecified atom stereocenters. The fraction of sp³-hybridized carbons (Fsp3) is 0.940. The quantitative estimate of drug-likeness (QED) is 0.0427. The van der Waals surface area contributed by atoms with Crippen LogP contribution in [0.3, 0.4) is 0 Å². The Morgan fingerprint density at radius 3 is 1.02 bits per heavy atom. The van der Waals surface area contributed by atoms with E-state index < -0.39 is 12.1 Å². The van der Waals surface area contributed by atoms with Crippen LogP contribution in [0.4, 0.5) is 0 Å². The lowest BCUT2D eigenvalue weighted by Crippen LogP contribution is -2.45. The normalized spacial score (nSPS) is 12.9. The van der Waals surface area contributed by atoms with E-state index in [0.717, 1.165) is 25.7 Å². The molecule has 3 N–H and O–H groups in total. The highest BCUT2D eigenvalue weighted by Crippen LogP contribution is 2.17. The molecular formula is C50H99NO3. The van der Waals surface area contributed by atoms with Gasteiger partial charge < -0.3 is 15.5 Å². The van der Waals surface area contributed by atoms with Crippen LogP contribution in [0.1, 0.15) is 284 Å². The van der Waals surface area contributed by atoms with E-state index in [1.165, 1.54) is 231 Å². The molecule has 4 heteroatoms. The Labute approximate surface area is 339 Å². The molecule has 0 aromatic carbocycles. The van der Waals surface area contributed by atoms with E-state index in [-0.39, 0.29) is 12.5 Å². The monoisotopic (exact) mass is 762 g/mol. The van der Waals surface area contributed by atoms with Gasteiger partial charge in [-0.1, -0.05) is 251 Å². The summed E-state index contributed by atoms with van der Waals surface area (Å²) in [5, 5.41) is 23.2. The Balaban J connectivity index is 3.43. The standard InChI is InChI=1S/C50H99NO3/c1-3-5-7-9-11-13-15-17-19-20-21-22-23-24-25-26-27-28-29-30-32-34-36-38-40-42-44-46-50(54)51-48(47-52)49(53)45-43-41-39-37-35-33-31-18-16-14-12-10-8-6-4-2/h20-21,48-49,52-53H,3-19,22-47H2,1-2H3,(H,51,54)/b21-20-. The lowest BCUT2D eigenvalue weighted by Gasteiger charge is -2.22. The van der Waals surface area contributed by atoms with Crippen LogP contribution in [0.15, 0.2) is 12.2 Å². The SMILES string of the molecule is CCCCCCCCCC/C=C\CCCCCCCCCCCCCCCCCC(=O)NC(CO)C(O)CCCCCCCCCCCCCCCCC. The number of nitrogens with one attached hydrogen (secondary N) is 1. The van der Waals surface area contributed by atoms with Crippen molar-refractivity contribution in [2.24, 2.45) is 0 Å². The number of aliphatic hydroxyl groups excluding tert-OH is 2. The molecule has 4 nitrogen and oxygen atoms in total. The molecule has 0 rings (SSSR count). The third-order valence-corrected chi connectivity index (χ3v) is 11.8. The second-order valence-corrected chi connectivity index (χ2v) is 17.2. The van der Waals surface area contributed by atoms with Crippen LogP contribution in [0, 0.1) is 0 Å². The van der Waals surface area contributed by atoms with Crippen LogP contribution in [0.5, 0.6) is 0 Å². The Hall–Kier alpha value is -0.870. The number of allylic oxidation sites excluding steroid dienone is 2. The summed E-state index contributed by atoms with van der Waals surface area (Å²) in [7, 11) is 0. The van der Waals surface area contributed by atoms with Gasteiger partial charge in [-0.25, -0.2) is 0 Å². The average molecular weight is 762 g/mol. The van der Waals surface area contributed by atoms with E-state index in [9.17, 15) is 15.0 Å². The van der Waals surface area contributed by atoms with Gasteiger partial charge in [-0.05, 0) is 38.5 Å². The molecule has 0 aromatic rings. The van der Waals surface area contributed by atoms with Gasteiger partial charge >= 0.3 is 0 Å². The third kappa shape index (κ3) is 42.3. The number of aliphatic hydroxyl groups is 2. The minimum atomic E-state index is -0.655. The summed E-state index contributed by atoms with van der Waals surface area (Å²) in [6.07, 6.45) is 58.8. The number of amides is 1. The summed E-state index contributed by atoms with van der Waals surface area (Å²) in [5.41, 5.74) is 0. The van der Waals surface area contributed by atoms with Gasteiger partial charge in [-0.3, -0.25) is 4.79 Å². The fourth-order valence-electron chi connectivity index (χ4n) is 7.95. The van der Waals surface area contributed by atoms with Gasteiger partial charge in [0, 0.05) is 6.42 Å². The van der Waals surface area contributed by atoms with E-state index in [0.29, 0.717) is 12.8 Å². The van der Waals surface area contributed by atoms with Gasteiger partial charge in [0.05, 0.1) is 18.8 Å². The maximum Gasteiger partial charge on any atom is 0.220 e. The molecular weight excluding hydrogens is 663 g/mol. The smallest absolute Gasteiger partial charge is 0.220 e. The predicted octanol–water partition coefficient (Wildman–Crippen LogP) is 15.8. The minimum Gasteiger partial charge on any atom is -0.394 e. The van der Waals surface area contributed by atoms with Crippen LogP contribution in [-0.4, -0.2) is 34.9 Å². The lowest BCUT2D eigenvalue weighted by atomic mass is 10.0. The summed E-state index contributed by atoms with van der Waals surface area (Å²) in [6.45, 7) is 4.38. The molecule has 54 heavy (non-hydrogen) atoms. The number of unbranched alkanes of at least 4 members (excludes halogenated alkanes) is 37. The predicted molar refractivity (Wildman–Crippen MR) is 239 cm³/mol. The molecule has 0 spiro atoms. The van der Waals surface area contributed by atoms with Crippen molar-refractivity contribution < 1.29 is 15.0 Å². The molecule has 0 fully saturated rings. The Morgan fingerprint density at radius 1 is 0.426 bits per heavy atom. The van der Waals surface area contributed by atoms with E-state index in [1.54, 1.807) is 0 Å². The second-order valence-electron chi connectivity index (χ2n) is 17.2. The van der Waals surface area contributed by atoms with Crippen molar-refractivity contribution in [1.29, 1.82) is 0 Å². The molecule has 0 aliphatic carbocycles. The fourth-order valence-corrected chi connectivity index (χ4v) is 7.95. The Bertz CT molecular complexity index is 739. The molecule has 0 aliphatic heterocycles. The van der Waals surface area contributed by atoms with Gasteiger partial charge in [0.1, 0.15) is 0 Å². The van der Waals surface area contributed by atoms with E-state index in [1.807, 2.05) is 0 Å². The third-order valence-electron chi connectivity index (χ3n) is 11.8. The van der Waals surface area contributed by atoms with E-state index >= 15 is 0 Å². The zero-order valence-electron chi connectivity index (χ0n) is 37.0. The first-order chi connectivity index (χ1) is 26.7. The molecule has 1 amide bonds. The maximum atomic E-state index is 12.4. The second kappa shape index (κ2) is 46.5. The largest absolute Gasteiger partial charge is 0.394 e. The zero-order chi connectivity index (χ0) is 39.3. The Morgan fingerprint density at radius 2 is 0.704 bits per heavy atom. The highest BCUT2D eigenvalue weighted by molar-refractivity contribution is 5.76. The molecule has 2 atom stereocenters. The van der Waals surface area contributed by atoms with Crippen molar-refractivity contribution in [2.75, 3.05) is 6.61 Å². The minimum absolute atomic E-state index is 0.0265. The van der Waals surface area contributed by atoms with Crippen molar-refractivity contribution in [1.82, 2.24) is 5.32 Å². The van der Waals surface area contributed by atoms with Gasteiger partial charge in [0.15, 0.2) is 0 Å². The van der Waals surface area contributed by atoms with Gasteiger partial charge in [0.25, 0.3) is 0 Å². The summed E-state index contributed by atoms with van der Waals surface area (Å²) in [6, 6.07) is -0.532. The average Bonchev–Trinajstić information content (AvgIpc) is 3.18. The molecule has 0 bridgehead atoms. The van der Waals surface area contributed by atoms with Gasteiger partial charge in [-0.2, -0.15) is 0 Å². The van der Waals surface area contributed by atoms with E-state index in [4.69, 9.17) is 0 Å². The van der Waals surface area contributed by atoms with E-state index in [2.05, 4.69) is 31.3 Å². The molecule has 0 aliphatic rings. The van der Waals surface area contributed by atoms with Gasteiger partial charge in [0.2, 0.25) is 5.91 Å². The Kier molecular flexibility index (Phi) is 45.8. The van der Waals surface area contributed by atoms with Crippen molar-refractivity contribution >= 4 is 5.91 Å². The highest BCUT2D eigenvalue weighted by Gasteiger charge is 2.20. The van der Waals surface area contributed by atoms with Crippen molar-refractivity contribution in [2.45, 2.75) is 296 Å². The van der Waals surface area contributed by atoms with Crippen LogP contribution < -0.4 is 5.32 Å². The number of hydrogen-bond donors (Lipinski definition) is 3. The molecule has 0 heterocycles. The maximum absolute atomic E-state index is 12.4. The molecule has 0 aromatic heterocycles. The number of carbonyl (C=O) groups is 1. The summed E-state index contributed by atoms with van der Waals surface area (Å²) >= 11 is 0. The first-order valence-corrected chi connectivity index (χ1v) is 24.9. The molecule has 322 valence electrons. The lowest BCUT2D eigenvalue weighted by molar-refractivity contribution is -0.123. The number of hydrogen-bond acceptors (Lipinski definition) is 3. The first-order valence-electron chi connectivity index (χ1n) is 24.9. The summed E-state index contributed by atoms with van der Waals surface area (Å²) < 4.78 is 0. The number of rotatable bonds is 46. The van der Waals surface area contributed by atoms with Crippen molar-refractivity contribution in [3.8, 4) is 0 Å². The molecule has 0 saturated carbocycles. The molecule has 0 saturated heterocycles. The van der Waals surface area contributed by atoms with Crippen LogP contribution >= 0.6 is 0 Å². The summed E-state index contributed by atoms with van der Waals surface area (Å²) in [5.74, 6) is -0.0265. The van der Waals surface area contributed by atoms with Crippen molar-refractivity contribution in [3.63, 3.8) is 0 Å². The topological polar surface area (TPSA) is 69.6 Å². The molecule has 0 radical (unpaired) electrons. The van der Waals surface area contributed by atoms with Crippen molar-refractivity contribution in [3.05, 3.63) is 12.2 Å². The van der Waals surface area contributed by atoms with Gasteiger partial charge in [-0.15, -0.1) is 0 Å². The zero-order valence-corrected chi connectivity index (χ0v) is 37.0. The first kappa shape index (κ1) is 53.1.